The number of rotatable bonds is 6. The highest BCUT2D eigenvalue weighted by atomic mass is 32.1. The van der Waals surface area contributed by atoms with Gasteiger partial charge in [0.05, 0.1) is 7.11 Å². The fourth-order valence-corrected chi connectivity index (χ4v) is 2.63. The number of fused-ring (bicyclic) bond motifs is 1. The molecule has 3 heterocycles. The van der Waals surface area contributed by atoms with Gasteiger partial charge >= 0.3 is 0 Å². The van der Waals surface area contributed by atoms with Crippen LogP contribution in [0.1, 0.15) is 23.7 Å². The van der Waals surface area contributed by atoms with E-state index in [4.69, 9.17) is 4.74 Å². The lowest BCUT2D eigenvalue weighted by molar-refractivity contribution is -0.116. The van der Waals surface area contributed by atoms with Crippen LogP contribution in [0.15, 0.2) is 12.1 Å². The number of carbonyl (C=O) groups is 1. The lowest BCUT2D eigenvalue weighted by Gasteiger charge is -2.02. The Labute approximate surface area is 135 Å². The Kier molecular flexibility index (Phi) is 4.42. The zero-order valence-corrected chi connectivity index (χ0v) is 13.5. The predicted molar refractivity (Wildman–Crippen MR) is 83.5 cm³/mol. The lowest BCUT2D eigenvalue weighted by Crippen LogP contribution is -2.11. The molecule has 0 atom stereocenters. The summed E-state index contributed by atoms with van der Waals surface area (Å²) in [5.74, 6) is 1.09. The topological polar surface area (TPSA) is 107 Å². The third kappa shape index (κ3) is 3.59. The maximum atomic E-state index is 11.9. The van der Waals surface area contributed by atoms with E-state index in [1.807, 2.05) is 6.92 Å². The minimum Gasteiger partial charge on any atom is -0.480 e. The molecule has 0 bridgehead atoms. The van der Waals surface area contributed by atoms with Gasteiger partial charge in [0.15, 0.2) is 11.5 Å². The molecule has 0 radical (unpaired) electrons. The lowest BCUT2D eigenvalue weighted by atomic mass is 10.2. The van der Waals surface area contributed by atoms with Gasteiger partial charge < -0.3 is 10.1 Å². The number of methoxy groups -OCH3 is 1. The van der Waals surface area contributed by atoms with Crippen LogP contribution in [-0.2, 0) is 11.2 Å². The molecular formula is C13H15N7O2S. The van der Waals surface area contributed by atoms with Gasteiger partial charge in [0.25, 0.3) is 0 Å². The number of hydrogen-bond acceptors (Lipinski definition) is 8. The van der Waals surface area contributed by atoms with Crippen LogP contribution in [0.5, 0.6) is 5.88 Å². The maximum Gasteiger partial charge on any atom is 0.231 e. The molecule has 3 aromatic heterocycles. The van der Waals surface area contributed by atoms with Gasteiger partial charge in [0.1, 0.15) is 5.01 Å². The van der Waals surface area contributed by atoms with Crippen molar-refractivity contribution >= 4 is 28.0 Å². The van der Waals surface area contributed by atoms with Crippen molar-refractivity contribution in [1.82, 2.24) is 30.0 Å². The molecule has 1 amide bonds. The first kappa shape index (κ1) is 15.3. The summed E-state index contributed by atoms with van der Waals surface area (Å²) in [4.78, 5) is 11.9. The summed E-state index contributed by atoms with van der Waals surface area (Å²) in [5.41, 5.74) is 0.648. The largest absolute Gasteiger partial charge is 0.480 e. The molecule has 0 fully saturated rings. The Balaban J connectivity index is 1.57. The third-order valence-electron chi connectivity index (χ3n) is 3.09. The molecule has 0 aliphatic carbocycles. The van der Waals surface area contributed by atoms with Gasteiger partial charge in [-0.15, -0.1) is 25.5 Å². The Morgan fingerprint density at radius 2 is 2.17 bits per heavy atom. The van der Waals surface area contributed by atoms with Crippen LogP contribution >= 0.6 is 11.3 Å². The van der Waals surface area contributed by atoms with E-state index in [0.717, 1.165) is 5.01 Å². The summed E-state index contributed by atoms with van der Waals surface area (Å²) in [7, 11) is 1.55. The fraction of sp³-hybridized carbons (Fsp3) is 0.385. The number of amides is 1. The van der Waals surface area contributed by atoms with Crippen molar-refractivity contribution < 1.29 is 9.53 Å². The van der Waals surface area contributed by atoms with Gasteiger partial charge in [-0.05, 0) is 19.4 Å². The minimum absolute atomic E-state index is 0.0967. The molecule has 23 heavy (non-hydrogen) atoms. The molecule has 120 valence electrons. The molecule has 9 nitrogen and oxygen atoms in total. The molecular weight excluding hydrogens is 318 g/mol. The van der Waals surface area contributed by atoms with E-state index in [2.05, 4.69) is 30.8 Å². The molecule has 0 unspecified atom stereocenters. The van der Waals surface area contributed by atoms with Crippen molar-refractivity contribution in [2.75, 3.05) is 12.4 Å². The number of nitrogens with zero attached hydrogens (tertiary/aromatic N) is 6. The summed E-state index contributed by atoms with van der Waals surface area (Å²) in [6.07, 6.45) is 1.57. The van der Waals surface area contributed by atoms with E-state index < -0.39 is 0 Å². The molecule has 0 saturated heterocycles. The fourth-order valence-electron chi connectivity index (χ4n) is 2.02. The van der Waals surface area contributed by atoms with Crippen LogP contribution in [0.3, 0.4) is 0 Å². The van der Waals surface area contributed by atoms with Crippen LogP contribution in [0, 0.1) is 6.92 Å². The molecule has 0 spiro atoms. The minimum atomic E-state index is -0.0967. The van der Waals surface area contributed by atoms with Gasteiger partial charge in [-0.25, -0.2) is 0 Å². The zero-order chi connectivity index (χ0) is 16.2. The van der Waals surface area contributed by atoms with E-state index in [1.54, 1.807) is 23.8 Å². The second kappa shape index (κ2) is 6.65. The van der Waals surface area contributed by atoms with Crippen molar-refractivity contribution in [1.29, 1.82) is 0 Å². The number of aryl methyl sites for hydroxylation is 2. The van der Waals surface area contributed by atoms with E-state index in [9.17, 15) is 4.79 Å². The second-order valence-corrected chi connectivity index (χ2v) is 5.97. The highest BCUT2D eigenvalue weighted by Crippen LogP contribution is 2.14. The highest BCUT2D eigenvalue weighted by Gasteiger charge is 2.10. The summed E-state index contributed by atoms with van der Waals surface area (Å²) in [6, 6.07) is 3.51. The predicted octanol–water partition coefficient (Wildman–Crippen LogP) is 1.25. The summed E-state index contributed by atoms with van der Waals surface area (Å²) in [5, 5.41) is 24.2. The van der Waals surface area contributed by atoms with Crippen molar-refractivity contribution in [3.8, 4) is 5.88 Å². The van der Waals surface area contributed by atoms with Gasteiger partial charge in [-0.2, -0.15) is 4.52 Å². The quantitative estimate of drug-likeness (QED) is 0.723. The zero-order valence-electron chi connectivity index (χ0n) is 12.7. The number of hydrogen-bond donors (Lipinski definition) is 1. The van der Waals surface area contributed by atoms with Crippen LogP contribution in [0.2, 0.25) is 0 Å². The molecule has 1 N–H and O–H groups in total. The van der Waals surface area contributed by atoms with Gasteiger partial charge in [-0.1, -0.05) is 11.3 Å². The Morgan fingerprint density at radius 3 is 2.91 bits per heavy atom. The number of aromatic nitrogens is 6. The van der Waals surface area contributed by atoms with Crippen molar-refractivity contribution in [2.24, 2.45) is 0 Å². The highest BCUT2D eigenvalue weighted by molar-refractivity contribution is 7.15. The van der Waals surface area contributed by atoms with E-state index >= 15 is 0 Å². The summed E-state index contributed by atoms with van der Waals surface area (Å²) < 4.78 is 6.72. The normalized spacial score (nSPS) is 10.9. The SMILES string of the molecule is COc1ccc2nnc(CCCC(=O)Nc3nnc(C)s3)n2n1. The molecule has 10 heteroatoms. The van der Waals surface area contributed by atoms with E-state index in [1.165, 1.54) is 11.3 Å². The Hall–Kier alpha value is -2.62. The summed E-state index contributed by atoms with van der Waals surface area (Å²) >= 11 is 1.35. The average molecular weight is 333 g/mol. The smallest absolute Gasteiger partial charge is 0.231 e. The van der Waals surface area contributed by atoms with E-state index in [0.29, 0.717) is 41.7 Å². The standard InChI is InChI=1S/C13H15N7O2S/c1-8-15-18-13(23-8)14-11(21)5-3-4-9-16-17-10-6-7-12(22-2)19-20(9)10/h6-7H,3-5H2,1-2H3,(H,14,18,21). The van der Waals surface area contributed by atoms with Crippen molar-refractivity contribution in [3.63, 3.8) is 0 Å². The summed E-state index contributed by atoms with van der Waals surface area (Å²) in [6.45, 7) is 1.84. The molecule has 3 rings (SSSR count). The average Bonchev–Trinajstić information content (AvgIpc) is 3.13. The van der Waals surface area contributed by atoms with Crippen LogP contribution in [-0.4, -0.2) is 43.0 Å². The molecule has 0 aliphatic heterocycles. The maximum absolute atomic E-state index is 11.9. The first-order valence-electron chi connectivity index (χ1n) is 7.01. The first-order valence-corrected chi connectivity index (χ1v) is 7.82. The first-order chi connectivity index (χ1) is 11.2. The monoisotopic (exact) mass is 333 g/mol. The molecule has 0 aromatic carbocycles. The van der Waals surface area contributed by atoms with Crippen molar-refractivity contribution in [2.45, 2.75) is 26.2 Å². The van der Waals surface area contributed by atoms with Gasteiger partial charge in [-0.3, -0.25) is 4.79 Å². The number of nitrogens with one attached hydrogen (secondary N) is 1. The van der Waals surface area contributed by atoms with Crippen LogP contribution in [0.25, 0.3) is 5.65 Å². The molecule has 0 aliphatic rings. The third-order valence-corrected chi connectivity index (χ3v) is 3.84. The van der Waals surface area contributed by atoms with Crippen LogP contribution in [0.4, 0.5) is 5.13 Å². The number of carbonyl (C=O) groups excluding carboxylic acids is 1. The van der Waals surface area contributed by atoms with Gasteiger partial charge in [0.2, 0.25) is 16.9 Å². The molecule has 3 aromatic rings. The Morgan fingerprint density at radius 1 is 1.30 bits per heavy atom. The van der Waals surface area contributed by atoms with E-state index in [-0.39, 0.29) is 5.91 Å². The Bertz CT molecular complexity index is 829. The van der Waals surface area contributed by atoms with Crippen molar-refractivity contribution in [3.05, 3.63) is 23.0 Å². The molecule has 0 saturated carbocycles. The van der Waals surface area contributed by atoms with Gasteiger partial charge in [0, 0.05) is 18.9 Å². The van der Waals surface area contributed by atoms with Crippen LogP contribution < -0.4 is 10.1 Å². The number of anilines is 1. The second-order valence-electron chi connectivity index (χ2n) is 4.79. The number of ether oxygens (including phenoxy) is 1.